The lowest BCUT2D eigenvalue weighted by Crippen LogP contribution is -2.42. The first-order valence-electron chi connectivity index (χ1n) is 8.37. The van der Waals surface area contributed by atoms with Crippen LogP contribution in [0.3, 0.4) is 0 Å². The minimum Gasteiger partial charge on any atom is -0.348 e. The van der Waals surface area contributed by atoms with Crippen LogP contribution in [0.25, 0.3) is 5.57 Å². The molecule has 5 nitrogen and oxygen atoms in total. The van der Waals surface area contributed by atoms with Crippen molar-refractivity contribution in [1.29, 1.82) is 5.26 Å². The van der Waals surface area contributed by atoms with Gasteiger partial charge in [0.1, 0.15) is 11.6 Å². The van der Waals surface area contributed by atoms with Gasteiger partial charge >= 0.3 is 0 Å². The maximum Gasteiger partial charge on any atom is 0.263 e. The molecule has 0 saturated heterocycles. The number of hydrogen-bond donors (Lipinski definition) is 1. The quantitative estimate of drug-likeness (QED) is 0.671. The van der Waals surface area contributed by atoms with E-state index in [1.807, 2.05) is 18.2 Å². The summed E-state index contributed by atoms with van der Waals surface area (Å²) in [7, 11) is 1.66. The molecule has 2 unspecified atom stereocenters. The van der Waals surface area contributed by atoms with Gasteiger partial charge < -0.3 is 10.2 Å². The number of hydrogen-bond acceptors (Lipinski definition) is 3. The van der Waals surface area contributed by atoms with Crippen LogP contribution in [0, 0.1) is 17.2 Å². The predicted molar refractivity (Wildman–Crippen MR) is 91.9 cm³/mol. The van der Waals surface area contributed by atoms with Gasteiger partial charge in [0, 0.05) is 18.7 Å². The molecule has 1 fully saturated rings. The van der Waals surface area contributed by atoms with Gasteiger partial charge in [-0.2, -0.15) is 5.26 Å². The van der Waals surface area contributed by atoms with E-state index in [2.05, 4.69) is 12.2 Å². The average molecular weight is 323 g/mol. The summed E-state index contributed by atoms with van der Waals surface area (Å²) in [6, 6.07) is 9.26. The van der Waals surface area contributed by atoms with Crippen molar-refractivity contribution in [2.24, 2.45) is 5.92 Å². The van der Waals surface area contributed by atoms with Crippen LogP contribution < -0.4 is 10.2 Å². The molecule has 1 aromatic carbocycles. The molecular formula is C19H21N3O2. The van der Waals surface area contributed by atoms with E-state index in [1.54, 1.807) is 19.2 Å². The Morgan fingerprint density at radius 2 is 2.00 bits per heavy atom. The Labute approximate surface area is 141 Å². The van der Waals surface area contributed by atoms with Crippen molar-refractivity contribution in [2.75, 3.05) is 11.9 Å². The highest BCUT2D eigenvalue weighted by Gasteiger charge is 2.35. The third-order valence-corrected chi connectivity index (χ3v) is 5.07. The molecule has 1 N–H and O–H groups in total. The van der Waals surface area contributed by atoms with Gasteiger partial charge in [-0.1, -0.05) is 38.0 Å². The van der Waals surface area contributed by atoms with Crippen LogP contribution in [0.4, 0.5) is 5.69 Å². The normalized spacial score (nSPS) is 25.0. The van der Waals surface area contributed by atoms with Gasteiger partial charge in [-0.05, 0) is 24.8 Å². The summed E-state index contributed by atoms with van der Waals surface area (Å²) in [5.41, 5.74) is 1.49. The SMILES string of the molecule is CC1CCCCC1NC(=O)C(C#N)=C1C(=O)N(C)c2ccccc21. The molecule has 1 aromatic rings. The van der Waals surface area contributed by atoms with Crippen molar-refractivity contribution >= 4 is 23.1 Å². The summed E-state index contributed by atoms with van der Waals surface area (Å²) in [5.74, 6) is -0.355. The predicted octanol–water partition coefficient (Wildman–Crippen LogP) is 2.64. The molecule has 1 aliphatic heterocycles. The molecule has 1 saturated carbocycles. The number of nitrogens with zero attached hydrogens (tertiary/aromatic N) is 2. The Balaban J connectivity index is 1.96. The van der Waals surface area contributed by atoms with E-state index >= 15 is 0 Å². The molecule has 0 aromatic heterocycles. The molecule has 0 bridgehead atoms. The number of benzene rings is 1. The van der Waals surface area contributed by atoms with Crippen LogP contribution in [-0.2, 0) is 9.59 Å². The summed E-state index contributed by atoms with van der Waals surface area (Å²) in [6.07, 6.45) is 4.26. The molecular weight excluding hydrogens is 302 g/mol. The summed E-state index contributed by atoms with van der Waals surface area (Å²) in [4.78, 5) is 26.7. The van der Waals surface area contributed by atoms with Crippen LogP contribution in [0.2, 0.25) is 0 Å². The molecule has 0 radical (unpaired) electrons. The third kappa shape index (κ3) is 2.69. The number of carbonyl (C=O) groups is 2. The zero-order chi connectivity index (χ0) is 17.3. The van der Waals surface area contributed by atoms with Crippen molar-refractivity contribution in [3.05, 3.63) is 35.4 Å². The standard InChI is InChI=1S/C19H21N3O2/c1-12-7-3-5-9-15(12)21-18(23)14(11-20)17-13-8-4-6-10-16(13)22(2)19(17)24/h4,6,8,10,12,15H,3,5,7,9H2,1-2H3,(H,21,23). The second-order valence-corrected chi connectivity index (χ2v) is 6.58. The molecule has 5 heteroatoms. The van der Waals surface area contributed by atoms with Gasteiger partial charge in [0.05, 0.1) is 11.3 Å². The number of carbonyl (C=O) groups excluding carboxylic acids is 2. The van der Waals surface area contributed by atoms with Crippen LogP contribution >= 0.6 is 0 Å². The number of rotatable bonds is 2. The number of nitrogens with one attached hydrogen (secondary N) is 1. The van der Waals surface area contributed by atoms with Crippen LogP contribution in [0.1, 0.15) is 38.2 Å². The van der Waals surface area contributed by atoms with Crippen LogP contribution in [0.15, 0.2) is 29.8 Å². The van der Waals surface area contributed by atoms with Gasteiger partial charge in [-0.15, -0.1) is 0 Å². The Kier molecular flexibility index (Phi) is 4.39. The number of amides is 2. The van der Waals surface area contributed by atoms with Gasteiger partial charge in [0.15, 0.2) is 0 Å². The van der Waals surface area contributed by atoms with Crippen molar-refractivity contribution in [3.63, 3.8) is 0 Å². The van der Waals surface area contributed by atoms with Gasteiger partial charge in [-0.3, -0.25) is 9.59 Å². The molecule has 1 heterocycles. The Morgan fingerprint density at radius 1 is 1.29 bits per heavy atom. The van der Waals surface area contributed by atoms with E-state index < -0.39 is 5.91 Å². The highest BCUT2D eigenvalue weighted by Crippen LogP contribution is 2.37. The minimum absolute atomic E-state index is 0.0691. The number of likely N-dealkylation sites (N-methyl/N-ethyl adjacent to an activating group) is 1. The third-order valence-electron chi connectivity index (χ3n) is 5.07. The molecule has 3 rings (SSSR count). The zero-order valence-electron chi connectivity index (χ0n) is 14.0. The fourth-order valence-corrected chi connectivity index (χ4v) is 3.60. The first-order chi connectivity index (χ1) is 11.5. The van der Waals surface area contributed by atoms with E-state index in [0.29, 0.717) is 11.5 Å². The first-order valence-corrected chi connectivity index (χ1v) is 8.37. The number of anilines is 1. The summed E-state index contributed by atoms with van der Waals surface area (Å²) >= 11 is 0. The number of nitriles is 1. The molecule has 2 amide bonds. The fourth-order valence-electron chi connectivity index (χ4n) is 3.60. The molecule has 0 spiro atoms. The van der Waals surface area contributed by atoms with Crippen LogP contribution in [-0.4, -0.2) is 24.9 Å². The number of para-hydroxylation sites is 1. The Morgan fingerprint density at radius 3 is 2.71 bits per heavy atom. The van der Waals surface area contributed by atoms with Gasteiger partial charge in [0.25, 0.3) is 11.8 Å². The van der Waals surface area contributed by atoms with Gasteiger partial charge in [-0.25, -0.2) is 0 Å². The minimum atomic E-state index is -0.440. The first kappa shape index (κ1) is 16.3. The van der Waals surface area contributed by atoms with E-state index in [1.165, 1.54) is 11.3 Å². The second kappa shape index (κ2) is 6.48. The van der Waals surface area contributed by atoms with Crippen LogP contribution in [0.5, 0.6) is 0 Å². The summed E-state index contributed by atoms with van der Waals surface area (Å²) < 4.78 is 0. The largest absolute Gasteiger partial charge is 0.348 e. The molecule has 2 aliphatic rings. The van der Waals surface area contributed by atoms with Crippen molar-refractivity contribution < 1.29 is 9.59 Å². The molecule has 124 valence electrons. The van der Waals surface area contributed by atoms with Gasteiger partial charge in [0.2, 0.25) is 0 Å². The smallest absolute Gasteiger partial charge is 0.263 e. The average Bonchev–Trinajstić information content (AvgIpc) is 2.83. The fraction of sp³-hybridized carbons (Fsp3) is 0.421. The van der Waals surface area contributed by atoms with Crippen molar-refractivity contribution in [3.8, 4) is 6.07 Å². The number of fused-ring (bicyclic) bond motifs is 1. The lowest BCUT2D eigenvalue weighted by Gasteiger charge is -2.29. The maximum atomic E-state index is 12.7. The Bertz CT molecular complexity index is 760. The highest BCUT2D eigenvalue weighted by molar-refractivity contribution is 6.36. The second-order valence-electron chi connectivity index (χ2n) is 6.58. The lowest BCUT2D eigenvalue weighted by molar-refractivity contribution is -0.119. The van der Waals surface area contributed by atoms with Crippen molar-refractivity contribution in [1.82, 2.24) is 5.32 Å². The highest BCUT2D eigenvalue weighted by atomic mass is 16.2. The summed E-state index contributed by atoms with van der Waals surface area (Å²) in [5, 5.41) is 12.5. The lowest BCUT2D eigenvalue weighted by atomic mass is 9.85. The molecule has 2 atom stereocenters. The Hall–Kier alpha value is -2.61. The molecule has 1 aliphatic carbocycles. The monoisotopic (exact) mass is 323 g/mol. The topological polar surface area (TPSA) is 73.2 Å². The van der Waals surface area contributed by atoms with Crippen molar-refractivity contribution in [2.45, 2.75) is 38.6 Å². The maximum absolute atomic E-state index is 12.7. The van der Waals surface area contributed by atoms with E-state index in [9.17, 15) is 14.9 Å². The zero-order valence-corrected chi connectivity index (χ0v) is 14.0. The molecule has 24 heavy (non-hydrogen) atoms. The summed E-state index contributed by atoms with van der Waals surface area (Å²) in [6.45, 7) is 2.12. The van der Waals surface area contributed by atoms with E-state index in [4.69, 9.17) is 0 Å². The van der Waals surface area contributed by atoms with E-state index in [-0.39, 0.29) is 23.1 Å². The van der Waals surface area contributed by atoms with E-state index in [0.717, 1.165) is 24.9 Å².